The highest BCUT2D eigenvalue weighted by atomic mass is 35.5. The molecule has 0 heterocycles. The summed E-state index contributed by atoms with van der Waals surface area (Å²) in [5.74, 6) is -0.288. The van der Waals surface area contributed by atoms with Gasteiger partial charge in [0.1, 0.15) is 0 Å². The average molecular weight is 379 g/mol. The van der Waals surface area contributed by atoms with Gasteiger partial charge in [0.05, 0.1) is 10.9 Å². The minimum atomic E-state index is -3.60. The molecule has 2 aromatic carbocycles. The van der Waals surface area contributed by atoms with Gasteiger partial charge in [0, 0.05) is 10.6 Å². The third-order valence-corrected chi connectivity index (χ3v) is 6.01. The minimum Gasteiger partial charge on any atom is -0.345 e. The van der Waals surface area contributed by atoms with Crippen LogP contribution in [-0.4, -0.2) is 21.4 Å². The smallest absolute Gasteiger partial charge is 0.251 e. The summed E-state index contributed by atoms with van der Waals surface area (Å²) in [6.07, 6.45) is 1.66. The molecule has 0 saturated carbocycles. The van der Waals surface area contributed by atoms with Crippen LogP contribution in [0.15, 0.2) is 41.3 Å². The molecule has 0 bridgehead atoms. The second-order valence-corrected chi connectivity index (χ2v) is 8.47. The Hall–Kier alpha value is -1.89. The Kier molecular flexibility index (Phi) is 4.86. The monoisotopic (exact) mass is 378 g/mol. The Morgan fingerprint density at radius 1 is 1.20 bits per heavy atom. The lowest BCUT2D eigenvalue weighted by Gasteiger charge is -2.15. The van der Waals surface area contributed by atoms with Crippen LogP contribution in [0.4, 0.5) is 0 Å². The van der Waals surface area contributed by atoms with Gasteiger partial charge in [-0.1, -0.05) is 17.7 Å². The van der Waals surface area contributed by atoms with E-state index in [9.17, 15) is 13.2 Å². The molecule has 2 aromatic rings. The zero-order valence-electron chi connectivity index (χ0n) is 14.0. The topological polar surface area (TPSA) is 75.3 Å². The summed E-state index contributed by atoms with van der Waals surface area (Å²) in [4.78, 5) is 12.7. The van der Waals surface area contributed by atoms with Crippen LogP contribution < -0.4 is 10.0 Å². The fourth-order valence-corrected chi connectivity index (χ4v) is 4.18. The van der Waals surface area contributed by atoms with Crippen molar-refractivity contribution in [2.24, 2.45) is 0 Å². The third-order valence-electron chi connectivity index (χ3n) is 4.38. The fourth-order valence-electron chi connectivity index (χ4n) is 3.13. The Morgan fingerprint density at radius 2 is 1.96 bits per heavy atom. The van der Waals surface area contributed by atoms with E-state index in [1.165, 1.54) is 19.2 Å². The molecule has 5 nitrogen and oxygen atoms in total. The second kappa shape index (κ2) is 6.78. The van der Waals surface area contributed by atoms with Crippen LogP contribution in [0.3, 0.4) is 0 Å². The Labute approximate surface area is 152 Å². The first-order valence-corrected chi connectivity index (χ1v) is 9.81. The number of carbonyl (C=O) groups is 1. The van der Waals surface area contributed by atoms with Crippen LogP contribution >= 0.6 is 11.6 Å². The predicted molar refractivity (Wildman–Crippen MR) is 97.4 cm³/mol. The number of aryl methyl sites for hydroxylation is 2. The van der Waals surface area contributed by atoms with E-state index in [2.05, 4.69) is 10.0 Å². The van der Waals surface area contributed by atoms with Crippen molar-refractivity contribution in [3.63, 3.8) is 0 Å². The van der Waals surface area contributed by atoms with Crippen molar-refractivity contribution >= 4 is 27.5 Å². The number of rotatable bonds is 4. The van der Waals surface area contributed by atoms with Crippen LogP contribution in [0.5, 0.6) is 0 Å². The Bertz CT molecular complexity index is 941. The predicted octanol–water partition coefficient (Wildman–Crippen LogP) is 2.97. The first kappa shape index (κ1) is 17.9. The molecule has 7 heteroatoms. The number of benzene rings is 2. The van der Waals surface area contributed by atoms with Crippen LogP contribution in [0, 0.1) is 6.92 Å². The van der Waals surface area contributed by atoms with E-state index in [-0.39, 0.29) is 16.8 Å². The Morgan fingerprint density at radius 3 is 2.68 bits per heavy atom. The SMILES string of the molecule is CNS(=O)(=O)c1cc(C)cc(C(=O)N[C@@H]2CCc3cc(Cl)ccc32)c1. The van der Waals surface area contributed by atoms with Crippen LogP contribution in [0.1, 0.15) is 39.5 Å². The highest BCUT2D eigenvalue weighted by Crippen LogP contribution is 2.33. The maximum absolute atomic E-state index is 12.6. The van der Waals surface area contributed by atoms with Gasteiger partial charge in [-0.05, 0) is 73.8 Å². The van der Waals surface area contributed by atoms with Crippen molar-refractivity contribution in [2.75, 3.05) is 7.05 Å². The number of halogens is 1. The molecule has 1 aliphatic rings. The molecule has 0 aliphatic heterocycles. The maximum Gasteiger partial charge on any atom is 0.251 e. The second-order valence-electron chi connectivity index (χ2n) is 6.15. The van der Waals surface area contributed by atoms with Gasteiger partial charge in [-0.2, -0.15) is 0 Å². The fraction of sp³-hybridized carbons (Fsp3) is 0.278. The number of sulfonamides is 1. The van der Waals surface area contributed by atoms with Crippen LogP contribution in [0.25, 0.3) is 0 Å². The van der Waals surface area contributed by atoms with Crippen LogP contribution in [0.2, 0.25) is 5.02 Å². The van der Waals surface area contributed by atoms with Crippen LogP contribution in [-0.2, 0) is 16.4 Å². The highest BCUT2D eigenvalue weighted by Gasteiger charge is 2.25. The molecule has 0 fully saturated rings. The standard InChI is InChI=1S/C18H19ClN2O3S/c1-11-7-13(10-15(8-11)25(23,24)20-2)18(22)21-17-6-3-12-9-14(19)4-5-16(12)17/h4-5,7-10,17,20H,3,6H2,1-2H3,(H,21,22)/t17-/m1/s1. The van der Waals surface area contributed by atoms with E-state index in [0.717, 1.165) is 24.0 Å². The van der Waals surface area contributed by atoms with Crippen molar-refractivity contribution in [1.29, 1.82) is 0 Å². The van der Waals surface area contributed by atoms with Gasteiger partial charge in [0.25, 0.3) is 5.91 Å². The number of hydrogen-bond donors (Lipinski definition) is 2. The van der Waals surface area contributed by atoms with Gasteiger partial charge >= 0.3 is 0 Å². The number of fused-ring (bicyclic) bond motifs is 1. The summed E-state index contributed by atoms with van der Waals surface area (Å²) >= 11 is 6.01. The zero-order chi connectivity index (χ0) is 18.2. The first-order valence-electron chi connectivity index (χ1n) is 7.94. The molecule has 132 valence electrons. The number of carbonyl (C=O) groups excluding carboxylic acids is 1. The van der Waals surface area contributed by atoms with Gasteiger partial charge in [-0.25, -0.2) is 13.1 Å². The largest absolute Gasteiger partial charge is 0.345 e. The van der Waals surface area contributed by atoms with Crippen molar-refractivity contribution in [3.8, 4) is 0 Å². The van der Waals surface area contributed by atoms with E-state index in [1.807, 2.05) is 18.2 Å². The van der Waals surface area contributed by atoms with Gasteiger partial charge in [0.15, 0.2) is 0 Å². The summed E-state index contributed by atoms with van der Waals surface area (Å²) in [6.45, 7) is 1.76. The van der Waals surface area contributed by atoms with E-state index in [0.29, 0.717) is 16.1 Å². The molecule has 1 atom stereocenters. The van der Waals surface area contributed by atoms with E-state index in [4.69, 9.17) is 11.6 Å². The van der Waals surface area contributed by atoms with Gasteiger partial charge < -0.3 is 5.32 Å². The summed E-state index contributed by atoms with van der Waals surface area (Å²) < 4.78 is 26.3. The highest BCUT2D eigenvalue weighted by molar-refractivity contribution is 7.89. The van der Waals surface area contributed by atoms with Crippen molar-refractivity contribution < 1.29 is 13.2 Å². The summed E-state index contributed by atoms with van der Waals surface area (Å²) in [5.41, 5.74) is 3.24. The number of nitrogens with one attached hydrogen (secondary N) is 2. The molecule has 0 aromatic heterocycles. The molecule has 0 unspecified atom stereocenters. The molecule has 3 rings (SSSR count). The quantitative estimate of drug-likeness (QED) is 0.858. The number of amides is 1. The van der Waals surface area contributed by atoms with Crippen molar-refractivity contribution in [3.05, 3.63) is 63.7 Å². The van der Waals surface area contributed by atoms with E-state index >= 15 is 0 Å². The van der Waals surface area contributed by atoms with Gasteiger partial charge in [-0.3, -0.25) is 4.79 Å². The molecule has 0 saturated heterocycles. The molecule has 1 aliphatic carbocycles. The molecule has 0 radical (unpaired) electrons. The van der Waals surface area contributed by atoms with E-state index in [1.54, 1.807) is 13.0 Å². The average Bonchev–Trinajstić information content (AvgIpc) is 2.96. The maximum atomic E-state index is 12.6. The molecular formula is C18H19ClN2O3S. The van der Waals surface area contributed by atoms with Gasteiger partial charge in [0.2, 0.25) is 10.0 Å². The summed E-state index contributed by atoms with van der Waals surface area (Å²) in [5, 5.41) is 3.68. The summed E-state index contributed by atoms with van der Waals surface area (Å²) in [6, 6.07) is 10.2. The first-order chi connectivity index (χ1) is 11.8. The van der Waals surface area contributed by atoms with Crippen molar-refractivity contribution in [2.45, 2.75) is 30.7 Å². The molecule has 0 spiro atoms. The lowest BCUT2D eigenvalue weighted by molar-refractivity contribution is 0.0936. The number of hydrogen-bond acceptors (Lipinski definition) is 3. The van der Waals surface area contributed by atoms with Crippen molar-refractivity contribution in [1.82, 2.24) is 10.0 Å². The Balaban J connectivity index is 1.86. The summed E-state index contributed by atoms with van der Waals surface area (Å²) in [7, 11) is -2.26. The molecule has 1 amide bonds. The normalized spacial score (nSPS) is 16.5. The third kappa shape index (κ3) is 3.71. The lowest BCUT2D eigenvalue weighted by atomic mass is 10.1. The molecule has 25 heavy (non-hydrogen) atoms. The molecule has 2 N–H and O–H groups in total. The molecular weight excluding hydrogens is 360 g/mol. The van der Waals surface area contributed by atoms with Gasteiger partial charge in [-0.15, -0.1) is 0 Å². The minimum absolute atomic E-state index is 0.0822. The lowest BCUT2D eigenvalue weighted by Crippen LogP contribution is -2.27. The zero-order valence-corrected chi connectivity index (χ0v) is 15.5. The van der Waals surface area contributed by atoms with E-state index < -0.39 is 10.0 Å².